The minimum Gasteiger partial charge on any atom is -0.342 e. The number of nitrogens with zero attached hydrogens (tertiary/aromatic N) is 2. The first kappa shape index (κ1) is 15.1. The molecule has 2 aromatic rings. The number of carbonyl (C=O) groups excluding carboxylic acids is 1. The molecule has 0 saturated heterocycles. The predicted octanol–water partition coefficient (Wildman–Crippen LogP) is 4.27. The third-order valence-corrected chi connectivity index (χ3v) is 3.48. The highest BCUT2D eigenvalue weighted by Crippen LogP contribution is 2.19. The van der Waals surface area contributed by atoms with Gasteiger partial charge in [-0.1, -0.05) is 18.5 Å². The third kappa shape index (κ3) is 3.41. The number of hydrogen-bond acceptors (Lipinski definition) is 2. The number of hydrogen-bond donors (Lipinski definition) is 1. The summed E-state index contributed by atoms with van der Waals surface area (Å²) in [6.07, 6.45) is 4.35. The number of aryl methyl sites for hydroxylation is 2. The minimum atomic E-state index is -0.205. The van der Waals surface area contributed by atoms with Gasteiger partial charge in [0.05, 0.1) is 5.02 Å². The van der Waals surface area contributed by atoms with Crippen molar-refractivity contribution < 1.29 is 4.79 Å². The van der Waals surface area contributed by atoms with Crippen molar-refractivity contribution in [2.75, 3.05) is 5.32 Å². The van der Waals surface area contributed by atoms with Crippen molar-refractivity contribution in [1.29, 1.82) is 0 Å². The smallest absolute Gasteiger partial charge is 0.273 e. The summed E-state index contributed by atoms with van der Waals surface area (Å²) in [7, 11) is 0. The molecule has 0 fully saturated rings. The fraction of sp³-hybridized carbons (Fsp3) is 0.286. The van der Waals surface area contributed by atoms with E-state index in [1.807, 2.05) is 17.6 Å². The number of nitrogens with one attached hydrogen (secondary N) is 1. The van der Waals surface area contributed by atoms with Crippen molar-refractivity contribution in [3.05, 3.63) is 45.3 Å². The van der Waals surface area contributed by atoms with Gasteiger partial charge in [-0.25, -0.2) is 4.98 Å². The molecule has 0 radical (unpaired) electrons. The van der Waals surface area contributed by atoms with Crippen LogP contribution in [-0.4, -0.2) is 15.5 Å². The molecule has 0 aromatic carbocycles. The van der Waals surface area contributed by atoms with Gasteiger partial charge in [0.1, 0.15) is 11.5 Å². The van der Waals surface area contributed by atoms with Crippen LogP contribution in [0.3, 0.4) is 0 Å². The molecule has 0 unspecified atom stereocenters. The molecule has 4 nitrogen and oxygen atoms in total. The monoisotopic (exact) mass is 355 g/mol. The zero-order chi connectivity index (χ0) is 14.7. The molecule has 0 aliphatic carbocycles. The lowest BCUT2D eigenvalue weighted by Gasteiger charge is -2.10. The van der Waals surface area contributed by atoms with Crippen LogP contribution in [0.2, 0.25) is 5.02 Å². The molecule has 1 N–H and O–H groups in total. The highest BCUT2D eigenvalue weighted by molar-refractivity contribution is 9.10. The van der Waals surface area contributed by atoms with Gasteiger partial charge in [-0.3, -0.25) is 4.79 Å². The first-order valence-electron chi connectivity index (χ1n) is 6.30. The first-order valence-corrected chi connectivity index (χ1v) is 7.47. The van der Waals surface area contributed by atoms with E-state index < -0.39 is 0 Å². The van der Waals surface area contributed by atoms with Crippen molar-refractivity contribution in [3.8, 4) is 0 Å². The van der Waals surface area contributed by atoms with Crippen molar-refractivity contribution in [1.82, 2.24) is 9.55 Å². The Kier molecular flexibility index (Phi) is 4.83. The number of anilines is 1. The van der Waals surface area contributed by atoms with Crippen LogP contribution in [0.5, 0.6) is 0 Å². The molecule has 2 rings (SSSR count). The fourth-order valence-corrected chi connectivity index (χ4v) is 2.60. The SMILES string of the molecule is CCCn1cc(Cl)cc1C(=O)Nc1ncc(Br)cc1C. The van der Waals surface area contributed by atoms with E-state index in [1.54, 1.807) is 18.5 Å². The van der Waals surface area contributed by atoms with Crippen LogP contribution in [-0.2, 0) is 6.54 Å². The average molecular weight is 357 g/mol. The summed E-state index contributed by atoms with van der Waals surface area (Å²) in [5.74, 6) is 0.349. The molecular formula is C14H15BrClN3O. The molecule has 0 aliphatic heterocycles. The minimum absolute atomic E-state index is 0.205. The lowest BCUT2D eigenvalue weighted by molar-refractivity contribution is 0.101. The van der Waals surface area contributed by atoms with E-state index in [2.05, 4.69) is 33.2 Å². The van der Waals surface area contributed by atoms with E-state index in [1.165, 1.54) is 0 Å². The number of amides is 1. The molecule has 0 aliphatic rings. The van der Waals surface area contributed by atoms with E-state index in [0.29, 0.717) is 16.5 Å². The number of carbonyl (C=O) groups is 1. The van der Waals surface area contributed by atoms with E-state index in [0.717, 1.165) is 23.0 Å². The summed E-state index contributed by atoms with van der Waals surface area (Å²) in [4.78, 5) is 16.5. The zero-order valence-corrected chi connectivity index (χ0v) is 13.6. The van der Waals surface area contributed by atoms with Crippen LogP contribution in [0.25, 0.3) is 0 Å². The van der Waals surface area contributed by atoms with Crippen LogP contribution < -0.4 is 5.32 Å². The Morgan fingerprint density at radius 3 is 2.90 bits per heavy atom. The molecule has 20 heavy (non-hydrogen) atoms. The van der Waals surface area contributed by atoms with Gasteiger partial charge >= 0.3 is 0 Å². The molecule has 2 aromatic heterocycles. The highest BCUT2D eigenvalue weighted by atomic mass is 79.9. The second kappa shape index (κ2) is 6.41. The topological polar surface area (TPSA) is 46.9 Å². The van der Waals surface area contributed by atoms with E-state index in [9.17, 15) is 4.79 Å². The largest absolute Gasteiger partial charge is 0.342 e. The second-order valence-corrected chi connectivity index (χ2v) is 5.86. The lowest BCUT2D eigenvalue weighted by Crippen LogP contribution is -2.18. The van der Waals surface area contributed by atoms with Gasteiger partial charge < -0.3 is 9.88 Å². The van der Waals surface area contributed by atoms with Gasteiger partial charge in [0, 0.05) is 23.4 Å². The summed E-state index contributed by atoms with van der Waals surface area (Å²) in [5, 5.41) is 3.37. The van der Waals surface area contributed by atoms with Crippen molar-refractivity contribution in [2.45, 2.75) is 26.8 Å². The number of aromatic nitrogens is 2. The molecule has 0 atom stereocenters. The molecule has 106 valence electrons. The first-order chi connectivity index (χ1) is 9.51. The Bertz CT molecular complexity index is 639. The Morgan fingerprint density at radius 2 is 2.25 bits per heavy atom. The standard InChI is InChI=1S/C14H15BrClN3O/c1-3-4-19-8-11(16)6-12(19)14(20)18-13-9(2)5-10(15)7-17-13/h5-8H,3-4H2,1-2H3,(H,17,18,20). The average Bonchev–Trinajstić information content (AvgIpc) is 2.74. The Balaban J connectivity index is 2.23. The van der Waals surface area contributed by atoms with Gasteiger partial charge in [0.25, 0.3) is 5.91 Å². The molecule has 0 bridgehead atoms. The molecule has 6 heteroatoms. The maximum Gasteiger partial charge on any atom is 0.273 e. The fourth-order valence-electron chi connectivity index (χ4n) is 1.93. The maximum atomic E-state index is 12.3. The number of halogens is 2. The van der Waals surface area contributed by atoms with E-state index in [-0.39, 0.29) is 5.91 Å². The van der Waals surface area contributed by atoms with Crippen LogP contribution in [0.15, 0.2) is 29.0 Å². The molecule has 1 amide bonds. The van der Waals surface area contributed by atoms with Crippen molar-refractivity contribution in [2.24, 2.45) is 0 Å². The summed E-state index contributed by atoms with van der Waals surface area (Å²) >= 11 is 9.32. The quantitative estimate of drug-likeness (QED) is 0.889. The second-order valence-electron chi connectivity index (χ2n) is 4.51. The third-order valence-electron chi connectivity index (χ3n) is 2.84. The van der Waals surface area contributed by atoms with Gasteiger partial charge in [0.15, 0.2) is 0 Å². The molecule has 2 heterocycles. The molecule has 0 spiro atoms. The summed E-state index contributed by atoms with van der Waals surface area (Å²) < 4.78 is 2.73. The highest BCUT2D eigenvalue weighted by Gasteiger charge is 2.14. The van der Waals surface area contributed by atoms with Gasteiger partial charge in [0.2, 0.25) is 0 Å². The predicted molar refractivity (Wildman–Crippen MR) is 84.4 cm³/mol. The van der Waals surface area contributed by atoms with Gasteiger partial charge in [-0.15, -0.1) is 0 Å². The summed E-state index contributed by atoms with van der Waals surface area (Å²) in [6.45, 7) is 4.70. The Morgan fingerprint density at radius 1 is 1.50 bits per heavy atom. The Labute approximate surface area is 131 Å². The van der Waals surface area contributed by atoms with E-state index >= 15 is 0 Å². The number of pyridine rings is 1. The van der Waals surface area contributed by atoms with Crippen LogP contribution in [0, 0.1) is 6.92 Å². The molecule has 0 saturated carbocycles. The summed E-state index contributed by atoms with van der Waals surface area (Å²) in [6, 6.07) is 3.57. The van der Waals surface area contributed by atoms with Gasteiger partial charge in [-0.2, -0.15) is 0 Å². The number of rotatable bonds is 4. The van der Waals surface area contributed by atoms with Crippen molar-refractivity contribution in [3.63, 3.8) is 0 Å². The van der Waals surface area contributed by atoms with Crippen LogP contribution in [0.4, 0.5) is 5.82 Å². The normalized spacial score (nSPS) is 10.6. The molecular weight excluding hydrogens is 342 g/mol. The van der Waals surface area contributed by atoms with Crippen molar-refractivity contribution >= 4 is 39.3 Å². The zero-order valence-electron chi connectivity index (χ0n) is 11.3. The van der Waals surface area contributed by atoms with Crippen LogP contribution in [0.1, 0.15) is 29.4 Å². The van der Waals surface area contributed by atoms with Gasteiger partial charge in [-0.05, 0) is 47.0 Å². The Hall–Kier alpha value is -1.33. The lowest BCUT2D eigenvalue weighted by atomic mass is 10.3. The van der Waals surface area contributed by atoms with E-state index in [4.69, 9.17) is 11.6 Å². The van der Waals surface area contributed by atoms with Crippen LogP contribution >= 0.6 is 27.5 Å². The maximum absolute atomic E-state index is 12.3. The summed E-state index contributed by atoms with van der Waals surface area (Å²) in [5.41, 5.74) is 1.44.